The quantitative estimate of drug-likeness (QED) is 0.542. The first-order valence-electron chi connectivity index (χ1n) is 9.48. The molecule has 0 aliphatic rings. The fraction of sp³-hybridized carbons (Fsp3) is 0.714. The smallest absolute Gasteiger partial charge is 0.119 e. The van der Waals surface area contributed by atoms with E-state index in [9.17, 15) is 0 Å². The number of benzene rings is 1. The number of aliphatic hydroxyl groups excluding tert-OH is 1. The van der Waals surface area contributed by atoms with Gasteiger partial charge in [-0.25, -0.2) is 0 Å². The molecule has 1 aromatic rings. The highest BCUT2D eigenvalue weighted by molar-refractivity contribution is 5.20. The van der Waals surface area contributed by atoms with Crippen LogP contribution in [0.15, 0.2) is 30.3 Å². The summed E-state index contributed by atoms with van der Waals surface area (Å²) < 4.78 is 11.4. The molecule has 0 aliphatic heterocycles. The number of unbranched alkanes of at least 4 members (excludes halogenated alkanes) is 1. The molecule has 0 spiro atoms. The van der Waals surface area contributed by atoms with Gasteiger partial charge in [-0.2, -0.15) is 0 Å². The number of para-hydroxylation sites is 1. The molecule has 0 saturated carbocycles. The van der Waals surface area contributed by atoms with Crippen molar-refractivity contribution < 1.29 is 14.6 Å². The molecule has 1 N–H and O–H groups in total. The zero-order valence-electron chi connectivity index (χ0n) is 16.8. The molecule has 1 aromatic carbocycles. The molecule has 0 heterocycles. The summed E-state index contributed by atoms with van der Waals surface area (Å²) in [5, 5.41) is 8.81. The van der Waals surface area contributed by atoms with Crippen molar-refractivity contribution in [2.24, 2.45) is 0 Å². The molecule has 0 atom stereocenters. The van der Waals surface area contributed by atoms with Crippen molar-refractivity contribution in [3.05, 3.63) is 30.3 Å². The largest absolute Gasteiger partial charge is 0.494 e. The van der Waals surface area contributed by atoms with Crippen LogP contribution in [0, 0.1) is 0 Å². The summed E-state index contributed by atoms with van der Waals surface area (Å²) in [6, 6.07) is 9.86. The van der Waals surface area contributed by atoms with Gasteiger partial charge in [-0.05, 0) is 51.7 Å². The first-order valence-corrected chi connectivity index (χ1v) is 9.48. The molecule has 3 nitrogen and oxygen atoms in total. The van der Waals surface area contributed by atoms with Gasteiger partial charge in [0.2, 0.25) is 0 Å². The number of ether oxygens (including phenoxy) is 2. The van der Waals surface area contributed by atoms with Gasteiger partial charge in [0.15, 0.2) is 0 Å². The van der Waals surface area contributed by atoms with Crippen LogP contribution < -0.4 is 4.74 Å². The second kappa shape index (κ2) is 18.3. The Hall–Kier alpha value is -1.06. The van der Waals surface area contributed by atoms with Crippen molar-refractivity contribution in [1.29, 1.82) is 0 Å². The Labute approximate surface area is 150 Å². The van der Waals surface area contributed by atoms with Crippen molar-refractivity contribution in [2.45, 2.75) is 79.2 Å². The van der Waals surface area contributed by atoms with Crippen LogP contribution in [-0.4, -0.2) is 30.5 Å². The zero-order valence-corrected chi connectivity index (χ0v) is 16.8. The summed E-state index contributed by atoms with van der Waals surface area (Å²) in [5.74, 6) is 0.923. The van der Waals surface area contributed by atoms with Crippen LogP contribution in [0.1, 0.15) is 73.6 Å². The van der Waals surface area contributed by atoms with Crippen molar-refractivity contribution in [2.75, 3.05) is 19.8 Å². The molecular weight excluding hydrogens is 300 g/mol. The van der Waals surface area contributed by atoms with Crippen LogP contribution >= 0.6 is 0 Å². The van der Waals surface area contributed by atoms with Crippen LogP contribution in [0.2, 0.25) is 0 Å². The van der Waals surface area contributed by atoms with E-state index >= 15 is 0 Å². The number of aliphatic hydroxyl groups is 1. The van der Waals surface area contributed by atoms with E-state index in [1.807, 2.05) is 44.2 Å². The minimum atomic E-state index is -0.136. The fourth-order valence-electron chi connectivity index (χ4n) is 1.84. The van der Waals surface area contributed by atoms with Crippen LogP contribution in [-0.2, 0) is 4.74 Å². The lowest BCUT2D eigenvalue weighted by molar-refractivity contribution is -0.0292. The average molecular weight is 341 g/mol. The molecule has 0 unspecified atom stereocenters. The van der Waals surface area contributed by atoms with E-state index in [2.05, 4.69) is 27.7 Å². The first-order chi connectivity index (χ1) is 11.6. The summed E-state index contributed by atoms with van der Waals surface area (Å²) in [5.41, 5.74) is -0.136. The summed E-state index contributed by atoms with van der Waals surface area (Å²) in [6.07, 6.45) is 4.93. The fourth-order valence-corrected chi connectivity index (χ4v) is 1.84. The Morgan fingerprint density at radius 2 is 1.46 bits per heavy atom. The zero-order chi connectivity index (χ0) is 18.7. The normalized spacial score (nSPS) is 10.1. The highest BCUT2D eigenvalue weighted by atomic mass is 16.5. The Bertz CT molecular complexity index is 336. The van der Waals surface area contributed by atoms with Crippen LogP contribution in [0.5, 0.6) is 5.75 Å². The summed E-state index contributed by atoms with van der Waals surface area (Å²) in [7, 11) is 0. The standard InChI is InChI=1S/C16H26O3.C3H8.C2H6/c1-16(2,11-8-12-17)19-14-7-6-13-18-15-9-4-3-5-10-15;1-3-2;1-2/h3-5,9-10,17H,6-8,11-14H2,1-2H3;3H2,1-2H3;1-2H3. The summed E-state index contributed by atoms with van der Waals surface area (Å²) in [6.45, 7) is 14.1. The first kappa shape index (κ1) is 25.2. The second-order valence-corrected chi connectivity index (χ2v) is 6.01. The van der Waals surface area contributed by atoms with Crippen LogP contribution in [0.25, 0.3) is 0 Å². The molecule has 24 heavy (non-hydrogen) atoms. The maximum atomic E-state index is 8.81. The molecule has 142 valence electrons. The minimum Gasteiger partial charge on any atom is -0.494 e. The molecule has 0 aliphatic carbocycles. The highest BCUT2D eigenvalue weighted by Gasteiger charge is 2.16. The molecule has 0 radical (unpaired) electrons. The molecule has 0 bridgehead atoms. The SMILES string of the molecule is CC.CC(C)(CCCO)OCCCCOc1ccccc1.CCC. The van der Waals surface area contributed by atoms with Gasteiger partial charge in [-0.3, -0.25) is 0 Å². The maximum absolute atomic E-state index is 8.81. The van der Waals surface area contributed by atoms with Gasteiger partial charge in [0.05, 0.1) is 12.2 Å². The van der Waals surface area contributed by atoms with Gasteiger partial charge in [0, 0.05) is 13.2 Å². The lowest BCUT2D eigenvalue weighted by Gasteiger charge is -2.25. The molecule has 1 rings (SSSR count). The van der Waals surface area contributed by atoms with Crippen molar-refractivity contribution in [3.63, 3.8) is 0 Å². The number of hydrogen-bond donors (Lipinski definition) is 1. The van der Waals surface area contributed by atoms with E-state index in [0.717, 1.165) is 44.6 Å². The van der Waals surface area contributed by atoms with Crippen molar-refractivity contribution in [3.8, 4) is 5.75 Å². The monoisotopic (exact) mass is 340 g/mol. The van der Waals surface area contributed by atoms with E-state index < -0.39 is 0 Å². The molecule has 3 heteroatoms. The Morgan fingerprint density at radius 1 is 0.917 bits per heavy atom. The molecule has 0 amide bonds. The van der Waals surface area contributed by atoms with Crippen LogP contribution in [0.3, 0.4) is 0 Å². The molecule has 0 fully saturated rings. The minimum absolute atomic E-state index is 0.136. The number of rotatable bonds is 10. The van der Waals surface area contributed by atoms with E-state index in [-0.39, 0.29) is 12.2 Å². The average Bonchev–Trinajstić information content (AvgIpc) is 2.59. The summed E-state index contributed by atoms with van der Waals surface area (Å²) >= 11 is 0. The lowest BCUT2D eigenvalue weighted by Crippen LogP contribution is -2.25. The summed E-state index contributed by atoms with van der Waals surface area (Å²) in [4.78, 5) is 0. The maximum Gasteiger partial charge on any atom is 0.119 e. The van der Waals surface area contributed by atoms with Gasteiger partial charge in [0.25, 0.3) is 0 Å². The number of hydrogen-bond acceptors (Lipinski definition) is 3. The molecule has 0 aromatic heterocycles. The van der Waals surface area contributed by atoms with Gasteiger partial charge in [-0.15, -0.1) is 0 Å². The van der Waals surface area contributed by atoms with Gasteiger partial charge >= 0.3 is 0 Å². The Kier molecular flexibility index (Phi) is 19.2. The van der Waals surface area contributed by atoms with E-state index in [1.165, 1.54) is 6.42 Å². The predicted molar refractivity (Wildman–Crippen MR) is 105 cm³/mol. The Balaban J connectivity index is 0. The van der Waals surface area contributed by atoms with E-state index in [0.29, 0.717) is 0 Å². The second-order valence-electron chi connectivity index (χ2n) is 6.01. The lowest BCUT2D eigenvalue weighted by atomic mass is 10.0. The van der Waals surface area contributed by atoms with Gasteiger partial charge in [-0.1, -0.05) is 52.3 Å². The molecular formula is C21H40O3. The third kappa shape index (κ3) is 17.3. The highest BCUT2D eigenvalue weighted by Crippen LogP contribution is 2.17. The van der Waals surface area contributed by atoms with Crippen LogP contribution in [0.4, 0.5) is 0 Å². The van der Waals surface area contributed by atoms with Crippen molar-refractivity contribution >= 4 is 0 Å². The predicted octanol–water partition coefficient (Wildman–Crippen LogP) is 5.86. The van der Waals surface area contributed by atoms with Gasteiger partial charge in [0.1, 0.15) is 5.75 Å². The third-order valence-corrected chi connectivity index (χ3v) is 2.98. The Morgan fingerprint density at radius 3 is 2.00 bits per heavy atom. The van der Waals surface area contributed by atoms with Gasteiger partial charge < -0.3 is 14.6 Å². The van der Waals surface area contributed by atoms with E-state index in [4.69, 9.17) is 14.6 Å². The van der Waals surface area contributed by atoms with E-state index in [1.54, 1.807) is 0 Å². The molecule has 0 saturated heterocycles. The topological polar surface area (TPSA) is 38.7 Å². The third-order valence-electron chi connectivity index (χ3n) is 2.98. The van der Waals surface area contributed by atoms with Crippen molar-refractivity contribution in [1.82, 2.24) is 0 Å².